The third-order valence-corrected chi connectivity index (χ3v) is 4.82. The van der Waals surface area contributed by atoms with E-state index in [4.69, 9.17) is 0 Å². The van der Waals surface area contributed by atoms with Gasteiger partial charge in [0.15, 0.2) is 0 Å². The van der Waals surface area contributed by atoms with Crippen LogP contribution in [0.1, 0.15) is 40.5 Å². The lowest BCUT2D eigenvalue weighted by Gasteiger charge is -2.25. The third-order valence-electron chi connectivity index (χ3n) is 2.79. The minimum absolute atomic E-state index is 0.0853. The quantitative estimate of drug-likeness (QED) is 0.796. The fraction of sp³-hybridized carbons (Fsp3) is 0.692. The average molecular weight is 300 g/mol. The van der Waals surface area contributed by atoms with Crippen molar-refractivity contribution in [1.29, 1.82) is 0 Å². The van der Waals surface area contributed by atoms with E-state index in [2.05, 4.69) is 15.3 Å². The minimum atomic E-state index is -3.52. The Labute approximate surface area is 121 Å². The second kappa shape index (κ2) is 7.54. The second-order valence-electron chi connectivity index (χ2n) is 4.88. The first-order valence-electron chi connectivity index (χ1n) is 7.01. The van der Waals surface area contributed by atoms with Crippen molar-refractivity contribution in [3.05, 3.63) is 12.4 Å². The Bertz CT molecular complexity index is 500. The van der Waals surface area contributed by atoms with E-state index in [-0.39, 0.29) is 10.9 Å². The fourth-order valence-corrected chi connectivity index (χ4v) is 3.41. The molecule has 1 aromatic rings. The number of aromatic nitrogens is 2. The molecule has 0 bridgehead atoms. The lowest BCUT2D eigenvalue weighted by molar-refractivity contribution is 0.354. The summed E-state index contributed by atoms with van der Waals surface area (Å²) in [5.74, 6) is 0.456. The fourth-order valence-electron chi connectivity index (χ4n) is 1.79. The van der Waals surface area contributed by atoms with Crippen molar-refractivity contribution < 1.29 is 8.42 Å². The van der Waals surface area contributed by atoms with Crippen LogP contribution < -0.4 is 5.32 Å². The van der Waals surface area contributed by atoms with Crippen molar-refractivity contribution in [1.82, 2.24) is 14.3 Å². The molecule has 6 nitrogen and oxygen atoms in total. The number of hydrogen-bond acceptors (Lipinski definition) is 5. The van der Waals surface area contributed by atoms with Gasteiger partial charge in [-0.05, 0) is 26.7 Å². The summed E-state index contributed by atoms with van der Waals surface area (Å²) in [4.78, 5) is 8.25. The van der Waals surface area contributed by atoms with Crippen LogP contribution >= 0.6 is 0 Å². The molecule has 0 spiro atoms. The van der Waals surface area contributed by atoms with Gasteiger partial charge < -0.3 is 5.32 Å². The molecule has 0 saturated heterocycles. The Morgan fingerprint density at radius 2 is 1.80 bits per heavy atom. The SMILES string of the molecule is CCCNc1ncc(S(=O)(=O)N(CCC)C(C)C)cn1. The standard InChI is InChI=1S/C13H24N4O2S/c1-5-7-14-13-15-9-12(10-16-13)20(18,19)17(8-6-2)11(3)4/h9-11H,5-8H2,1-4H3,(H,14,15,16). The second-order valence-corrected chi connectivity index (χ2v) is 6.77. The van der Waals surface area contributed by atoms with Crippen LogP contribution in [0.2, 0.25) is 0 Å². The molecule has 20 heavy (non-hydrogen) atoms. The van der Waals surface area contributed by atoms with Crippen LogP contribution in [-0.2, 0) is 10.0 Å². The molecule has 0 saturated carbocycles. The van der Waals surface area contributed by atoms with Crippen molar-refractivity contribution in [3.8, 4) is 0 Å². The number of sulfonamides is 1. The van der Waals surface area contributed by atoms with Gasteiger partial charge in [0.25, 0.3) is 0 Å². The Balaban J connectivity index is 2.96. The van der Waals surface area contributed by atoms with Gasteiger partial charge in [-0.2, -0.15) is 4.31 Å². The van der Waals surface area contributed by atoms with Crippen LogP contribution in [0.25, 0.3) is 0 Å². The normalized spacial score (nSPS) is 12.1. The van der Waals surface area contributed by atoms with Crippen molar-refractivity contribution in [2.24, 2.45) is 0 Å². The minimum Gasteiger partial charge on any atom is -0.354 e. The molecule has 0 aliphatic rings. The van der Waals surface area contributed by atoms with Crippen LogP contribution in [0, 0.1) is 0 Å². The molecule has 0 aliphatic carbocycles. The lowest BCUT2D eigenvalue weighted by atomic mass is 10.4. The number of rotatable bonds is 8. The molecule has 0 aliphatic heterocycles. The average Bonchev–Trinajstić information content (AvgIpc) is 2.42. The summed E-state index contributed by atoms with van der Waals surface area (Å²) < 4.78 is 26.5. The molecular formula is C13H24N4O2S. The van der Waals surface area contributed by atoms with Crippen LogP contribution in [0.15, 0.2) is 17.3 Å². The zero-order valence-corrected chi connectivity index (χ0v) is 13.4. The Morgan fingerprint density at radius 3 is 2.25 bits per heavy atom. The summed E-state index contributed by atoms with van der Waals surface area (Å²) in [6, 6.07) is -0.0853. The van der Waals surface area contributed by atoms with Gasteiger partial charge in [0.1, 0.15) is 4.90 Å². The number of nitrogens with zero attached hydrogens (tertiary/aromatic N) is 3. The Hall–Kier alpha value is -1.21. The summed E-state index contributed by atoms with van der Waals surface area (Å²) >= 11 is 0. The van der Waals surface area contributed by atoms with Crippen LogP contribution in [0.3, 0.4) is 0 Å². The van der Waals surface area contributed by atoms with E-state index in [0.717, 1.165) is 19.4 Å². The lowest BCUT2D eigenvalue weighted by Crippen LogP contribution is -2.37. The predicted molar refractivity (Wildman–Crippen MR) is 80.1 cm³/mol. The highest BCUT2D eigenvalue weighted by molar-refractivity contribution is 7.89. The largest absolute Gasteiger partial charge is 0.354 e. The molecule has 0 radical (unpaired) electrons. The van der Waals surface area contributed by atoms with Crippen molar-refractivity contribution >= 4 is 16.0 Å². The van der Waals surface area contributed by atoms with E-state index in [9.17, 15) is 8.42 Å². The number of anilines is 1. The Kier molecular flexibility index (Phi) is 6.35. The molecule has 0 fully saturated rings. The first-order chi connectivity index (χ1) is 9.43. The summed E-state index contributed by atoms with van der Waals surface area (Å²) in [6.45, 7) is 8.99. The molecule has 1 aromatic heterocycles. The van der Waals surface area contributed by atoms with Gasteiger partial charge in [-0.25, -0.2) is 18.4 Å². The van der Waals surface area contributed by atoms with E-state index < -0.39 is 10.0 Å². The third kappa shape index (κ3) is 4.14. The van der Waals surface area contributed by atoms with Gasteiger partial charge in [0.05, 0.1) is 12.4 Å². The van der Waals surface area contributed by atoms with Crippen LogP contribution in [0.4, 0.5) is 5.95 Å². The van der Waals surface area contributed by atoms with E-state index >= 15 is 0 Å². The molecule has 1 N–H and O–H groups in total. The maximum atomic E-state index is 12.5. The molecule has 0 aromatic carbocycles. The summed E-state index contributed by atoms with van der Waals surface area (Å²) in [5.41, 5.74) is 0. The molecule has 7 heteroatoms. The van der Waals surface area contributed by atoms with E-state index in [1.165, 1.54) is 16.7 Å². The highest BCUT2D eigenvalue weighted by Gasteiger charge is 2.26. The maximum Gasteiger partial charge on any atom is 0.246 e. The van der Waals surface area contributed by atoms with Crippen molar-refractivity contribution in [2.75, 3.05) is 18.4 Å². The van der Waals surface area contributed by atoms with Crippen LogP contribution in [-0.4, -0.2) is 41.8 Å². The summed E-state index contributed by atoms with van der Waals surface area (Å²) in [7, 11) is -3.52. The molecule has 0 amide bonds. The number of hydrogen-bond donors (Lipinski definition) is 1. The van der Waals surface area contributed by atoms with Crippen LogP contribution in [0.5, 0.6) is 0 Å². The first-order valence-corrected chi connectivity index (χ1v) is 8.45. The van der Waals surface area contributed by atoms with Gasteiger partial charge in [-0.15, -0.1) is 0 Å². The number of nitrogens with one attached hydrogen (secondary N) is 1. The van der Waals surface area contributed by atoms with Gasteiger partial charge in [-0.3, -0.25) is 0 Å². The van der Waals surface area contributed by atoms with Crippen molar-refractivity contribution in [2.45, 2.75) is 51.5 Å². The summed E-state index contributed by atoms with van der Waals surface area (Å²) in [5, 5.41) is 3.02. The topological polar surface area (TPSA) is 75.2 Å². The highest BCUT2D eigenvalue weighted by atomic mass is 32.2. The molecule has 1 heterocycles. The first kappa shape index (κ1) is 16.8. The van der Waals surface area contributed by atoms with Gasteiger partial charge in [0, 0.05) is 19.1 Å². The van der Waals surface area contributed by atoms with Gasteiger partial charge >= 0.3 is 0 Å². The molecular weight excluding hydrogens is 276 g/mol. The molecule has 0 unspecified atom stereocenters. The highest BCUT2D eigenvalue weighted by Crippen LogP contribution is 2.17. The molecule has 0 atom stereocenters. The maximum absolute atomic E-state index is 12.5. The van der Waals surface area contributed by atoms with Gasteiger partial charge in [0.2, 0.25) is 16.0 Å². The van der Waals surface area contributed by atoms with E-state index in [0.29, 0.717) is 12.5 Å². The summed E-state index contributed by atoms with van der Waals surface area (Å²) in [6.07, 6.45) is 4.46. The smallest absolute Gasteiger partial charge is 0.246 e. The molecule has 114 valence electrons. The monoisotopic (exact) mass is 300 g/mol. The van der Waals surface area contributed by atoms with Crippen molar-refractivity contribution in [3.63, 3.8) is 0 Å². The predicted octanol–water partition coefficient (Wildman–Crippen LogP) is 2.11. The Morgan fingerprint density at radius 1 is 1.20 bits per heavy atom. The van der Waals surface area contributed by atoms with E-state index in [1.54, 1.807) is 0 Å². The molecule has 1 rings (SSSR count). The zero-order chi connectivity index (χ0) is 15.2. The van der Waals surface area contributed by atoms with E-state index in [1.807, 2.05) is 27.7 Å². The zero-order valence-electron chi connectivity index (χ0n) is 12.6. The van der Waals surface area contributed by atoms with Gasteiger partial charge in [-0.1, -0.05) is 13.8 Å².